The number of piperidine rings is 1. The summed E-state index contributed by atoms with van der Waals surface area (Å²) >= 11 is 0. The molecule has 6 heteroatoms. The maximum absolute atomic E-state index is 13.0. The highest BCUT2D eigenvalue weighted by molar-refractivity contribution is 6.21. The van der Waals surface area contributed by atoms with Gasteiger partial charge in [0.2, 0.25) is 0 Å². The monoisotopic (exact) mass is 352 g/mol. The lowest BCUT2D eigenvalue weighted by Gasteiger charge is -2.35. The van der Waals surface area contributed by atoms with Crippen molar-refractivity contribution in [2.75, 3.05) is 13.1 Å². The molecule has 4 rings (SSSR count). The van der Waals surface area contributed by atoms with Gasteiger partial charge in [0.1, 0.15) is 5.82 Å². The van der Waals surface area contributed by atoms with Crippen molar-refractivity contribution in [3.05, 3.63) is 71.0 Å². The molecule has 1 saturated heterocycles. The van der Waals surface area contributed by atoms with Crippen molar-refractivity contribution in [1.82, 2.24) is 9.80 Å². The first-order valence-corrected chi connectivity index (χ1v) is 8.58. The van der Waals surface area contributed by atoms with Crippen LogP contribution in [-0.4, -0.2) is 46.7 Å². The predicted molar refractivity (Wildman–Crippen MR) is 92.3 cm³/mol. The number of fused-ring (bicyclic) bond motifs is 1. The number of imide groups is 1. The van der Waals surface area contributed by atoms with Gasteiger partial charge >= 0.3 is 0 Å². The third-order valence-electron chi connectivity index (χ3n) is 5.03. The molecule has 1 fully saturated rings. The van der Waals surface area contributed by atoms with Gasteiger partial charge in [0, 0.05) is 24.7 Å². The summed E-state index contributed by atoms with van der Waals surface area (Å²) < 4.78 is 13.0. The van der Waals surface area contributed by atoms with Crippen molar-refractivity contribution in [3.8, 4) is 0 Å². The van der Waals surface area contributed by atoms with Gasteiger partial charge < -0.3 is 4.90 Å². The zero-order chi connectivity index (χ0) is 18.3. The number of halogens is 1. The summed E-state index contributed by atoms with van der Waals surface area (Å²) in [4.78, 5) is 40.7. The molecule has 0 aliphatic carbocycles. The van der Waals surface area contributed by atoms with Gasteiger partial charge in [-0.25, -0.2) is 4.39 Å². The smallest absolute Gasteiger partial charge is 0.261 e. The lowest BCUT2D eigenvalue weighted by Crippen LogP contribution is -2.48. The van der Waals surface area contributed by atoms with Crippen LogP contribution in [0.4, 0.5) is 4.39 Å². The quantitative estimate of drug-likeness (QED) is 0.781. The van der Waals surface area contributed by atoms with Crippen molar-refractivity contribution in [1.29, 1.82) is 0 Å². The molecule has 0 bridgehead atoms. The molecule has 0 saturated carbocycles. The summed E-state index contributed by atoms with van der Waals surface area (Å²) in [5.41, 5.74) is 1.33. The van der Waals surface area contributed by atoms with E-state index in [1.165, 1.54) is 29.2 Å². The molecule has 2 aromatic carbocycles. The van der Waals surface area contributed by atoms with Gasteiger partial charge in [0.05, 0.1) is 11.1 Å². The fraction of sp³-hybridized carbons (Fsp3) is 0.250. The molecule has 0 N–H and O–H groups in total. The van der Waals surface area contributed by atoms with Crippen molar-refractivity contribution in [3.63, 3.8) is 0 Å². The molecule has 5 nitrogen and oxygen atoms in total. The molecule has 2 aliphatic rings. The fourth-order valence-corrected chi connectivity index (χ4v) is 3.64. The highest BCUT2D eigenvalue weighted by Gasteiger charge is 2.41. The summed E-state index contributed by atoms with van der Waals surface area (Å²) in [6, 6.07) is 12.1. The average Bonchev–Trinajstić information content (AvgIpc) is 2.93. The van der Waals surface area contributed by atoms with Crippen LogP contribution >= 0.6 is 0 Å². The summed E-state index contributed by atoms with van der Waals surface area (Å²) in [7, 11) is 0. The van der Waals surface area contributed by atoms with Crippen LogP contribution in [0.3, 0.4) is 0 Å². The van der Waals surface area contributed by atoms with Crippen molar-refractivity contribution >= 4 is 17.7 Å². The Morgan fingerprint density at radius 3 is 1.96 bits per heavy atom. The van der Waals surface area contributed by atoms with Crippen LogP contribution in [0.5, 0.6) is 0 Å². The van der Waals surface area contributed by atoms with Crippen LogP contribution in [0.25, 0.3) is 0 Å². The second-order valence-corrected chi connectivity index (χ2v) is 6.56. The van der Waals surface area contributed by atoms with Crippen LogP contribution in [0.15, 0.2) is 48.5 Å². The summed E-state index contributed by atoms with van der Waals surface area (Å²) in [6.45, 7) is 0.905. The Labute approximate surface area is 150 Å². The summed E-state index contributed by atoms with van der Waals surface area (Å²) in [5.74, 6) is -1.06. The Kier molecular flexibility index (Phi) is 4.03. The first-order chi connectivity index (χ1) is 12.6. The third-order valence-corrected chi connectivity index (χ3v) is 5.03. The summed E-state index contributed by atoms with van der Waals surface area (Å²) in [6.07, 6.45) is 1.08. The Balaban J connectivity index is 1.44. The second kappa shape index (κ2) is 6.37. The molecule has 2 aromatic rings. The van der Waals surface area contributed by atoms with Crippen LogP contribution in [0.1, 0.15) is 43.9 Å². The van der Waals surface area contributed by atoms with E-state index >= 15 is 0 Å². The highest BCUT2D eigenvalue weighted by Crippen LogP contribution is 2.28. The number of carbonyl (C=O) groups excluding carboxylic acids is 3. The molecule has 26 heavy (non-hydrogen) atoms. The number of amides is 3. The van der Waals surface area contributed by atoms with E-state index in [-0.39, 0.29) is 29.6 Å². The zero-order valence-corrected chi connectivity index (χ0v) is 14.0. The van der Waals surface area contributed by atoms with E-state index in [2.05, 4.69) is 0 Å². The molecule has 3 amide bonds. The number of nitrogens with zero attached hydrogens (tertiary/aromatic N) is 2. The standard InChI is InChI=1S/C20H17FN2O3/c21-14-7-5-13(6-8-14)18(24)22-11-9-15(10-12-22)23-19(25)16-3-1-2-4-17(16)20(23)26/h1-8,15H,9-12H2. The molecule has 0 atom stereocenters. The molecule has 2 aliphatic heterocycles. The van der Waals surface area contributed by atoms with Crippen molar-refractivity contribution in [2.45, 2.75) is 18.9 Å². The second-order valence-electron chi connectivity index (χ2n) is 6.56. The Morgan fingerprint density at radius 1 is 0.885 bits per heavy atom. The molecule has 0 spiro atoms. The first kappa shape index (κ1) is 16.4. The molecular formula is C20H17FN2O3. The van der Waals surface area contributed by atoms with Gasteiger partial charge in [-0.2, -0.15) is 0 Å². The Bertz CT molecular complexity index is 851. The van der Waals surface area contributed by atoms with Gasteiger partial charge in [-0.3, -0.25) is 19.3 Å². The maximum Gasteiger partial charge on any atom is 0.261 e. The van der Waals surface area contributed by atoms with E-state index in [9.17, 15) is 18.8 Å². The molecule has 0 aromatic heterocycles. The number of hydrogen-bond acceptors (Lipinski definition) is 3. The minimum absolute atomic E-state index is 0.161. The normalized spacial score (nSPS) is 17.6. The number of carbonyl (C=O) groups is 3. The molecule has 0 radical (unpaired) electrons. The number of likely N-dealkylation sites (tertiary alicyclic amines) is 1. The summed E-state index contributed by atoms with van der Waals surface area (Å²) in [5, 5.41) is 0. The Hall–Kier alpha value is -3.02. The van der Waals surface area contributed by atoms with Gasteiger partial charge in [-0.05, 0) is 49.2 Å². The van der Waals surface area contributed by atoms with Crippen LogP contribution in [0, 0.1) is 5.82 Å². The predicted octanol–water partition coefficient (Wildman–Crippen LogP) is 2.73. The van der Waals surface area contributed by atoms with Crippen LogP contribution in [-0.2, 0) is 0 Å². The zero-order valence-electron chi connectivity index (χ0n) is 14.0. The largest absolute Gasteiger partial charge is 0.338 e. The SMILES string of the molecule is O=C(c1ccc(F)cc1)N1CCC(N2C(=O)c3ccccc3C2=O)CC1. The highest BCUT2D eigenvalue weighted by atomic mass is 19.1. The van der Waals surface area contributed by atoms with Gasteiger partial charge in [-0.15, -0.1) is 0 Å². The van der Waals surface area contributed by atoms with Crippen LogP contribution in [0.2, 0.25) is 0 Å². The molecule has 2 heterocycles. The first-order valence-electron chi connectivity index (χ1n) is 8.58. The van der Waals surface area contributed by atoms with E-state index in [0.717, 1.165) is 0 Å². The Morgan fingerprint density at radius 2 is 1.42 bits per heavy atom. The fourth-order valence-electron chi connectivity index (χ4n) is 3.64. The van der Waals surface area contributed by atoms with E-state index in [1.807, 2.05) is 0 Å². The van der Waals surface area contributed by atoms with E-state index < -0.39 is 0 Å². The van der Waals surface area contributed by atoms with Gasteiger partial charge in [-0.1, -0.05) is 12.1 Å². The minimum Gasteiger partial charge on any atom is -0.338 e. The maximum atomic E-state index is 13.0. The third kappa shape index (κ3) is 2.67. The van der Waals surface area contributed by atoms with Crippen LogP contribution < -0.4 is 0 Å². The number of hydrogen-bond donors (Lipinski definition) is 0. The van der Waals surface area contributed by atoms with Gasteiger partial charge in [0.25, 0.3) is 17.7 Å². The number of benzene rings is 2. The lowest BCUT2D eigenvalue weighted by molar-refractivity contribution is 0.0479. The number of rotatable bonds is 2. The van der Waals surface area contributed by atoms with Crippen molar-refractivity contribution in [2.24, 2.45) is 0 Å². The van der Waals surface area contributed by atoms with E-state index in [4.69, 9.17) is 0 Å². The van der Waals surface area contributed by atoms with E-state index in [1.54, 1.807) is 29.2 Å². The lowest BCUT2D eigenvalue weighted by atomic mass is 10.0. The topological polar surface area (TPSA) is 57.7 Å². The molecular weight excluding hydrogens is 335 g/mol. The van der Waals surface area contributed by atoms with E-state index in [0.29, 0.717) is 42.6 Å². The molecule has 132 valence electrons. The van der Waals surface area contributed by atoms with Gasteiger partial charge in [0.15, 0.2) is 0 Å². The molecule has 0 unspecified atom stereocenters. The van der Waals surface area contributed by atoms with Crippen molar-refractivity contribution < 1.29 is 18.8 Å². The minimum atomic E-state index is -0.383. The average molecular weight is 352 g/mol.